The third kappa shape index (κ3) is 3.32. The second-order valence-corrected chi connectivity index (χ2v) is 11.8. The van der Waals surface area contributed by atoms with Crippen LogP contribution < -0.4 is 0 Å². The Hall–Kier alpha value is -1.56. The summed E-state index contributed by atoms with van der Waals surface area (Å²) in [6.07, 6.45) is 12.1. The molecule has 6 heteroatoms. The summed E-state index contributed by atoms with van der Waals surface area (Å²) in [5.41, 5.74) is 1.39. The minimum absolute atomic E-state index is 0.0953. The predicted octanol–water partition coefficient (Wildman–Crippen LogP) is 4.27. The predicted molar refractivity (Wildman–Crippen MR) is 118 cm³/mol. The average molecular weight is 427 g/mol. The molecule has 1 aromatic heterocycles. The van der Waals surface area contributed by atoms with Gasteiger partial charge in [-0.05, 0) is 111 Å². The minimum atomic E-state index is -0.529. The Balaban J connectivity index is 1.38. The van der Waals surface area contributed by atoms with Crippen molar-refractivity contribution in [3.8, 4) is 0 Å². The van der Waals surface area contributed by atoms with E-state index in [1.807, 2.05) is 13.8 Å². The number of hydrogen-bond acceptors (Lipinski definition) is 5. The van der Waals surface area contributed by atoms with Crippen molar-refractivity contribution in [2.45, 2.75) is 97.6 Å². The zero-order valence-corrected chi connectivity index (χ0v) is 19.6. The number of carbonyl (C=O) groups is 1. The van der Waals surface area contributed by atoms with Gasteiger partial charge < -0.3 is 5.11 Å². The SMILES string of the molecule is Cc1nnnn1CC(=O)[C@H]1CC[C@H]2[C@@H]3CC=C4CC[C@](C)(O)CC[C@]4(C)[C@H]3CC[C@]12C. The normalized spacial score (nSPS) is 44.6. The number of tetrazole rings is 1. The number of fused-ring (bicyclic) bond motifs is 5. The number of Topliss-reactive ketones (excluding diaryl/α,β-unsaturated/α-hetero) is 1. The molecule has 0 amide bonds. The van der Waals surface area contributed by atoms with E-state index >= 15 is 0 Å². The summed E-state index contributed by atoms with van der Waals surface area (Å²) in [6.45, 7) is 9.06. The van der Waals surface area contributed by atoms with Crippen LogP contribution in [0.4, 0.5) is 0 Å². The average Bonchev–Trinajstić information content (AvgIpc) is 3.25. The van der Waals surface area contributed by atoms with Crippen LogP contribution in [0, 0.1) is 41.4 Å². The van der Waals surface area contributed by atoms with E-state index in [1.165, 1.54) is 12.8 Å². The number of ketones is 1. The van der Waals surface area contributed by atoms with Gasteiger partial charge in [-0.25, -0.2) is 4.68 Å². The molecule has 0 aliphatic heterocycles. The number of rotatable bonds is 3. The molecule has 0 bridgehead atoms. The highest BCUT2D eigenvalue weighted by molar-refractivity contribution is 5.82. The van der Waals surface area contributed by atoms with E-state index in [0.717, 1.165) is 44.9 Å². The number of hydrogen-bond donors (Lipinski definition) is 1. The number of allylic oxidation sites excluding steroid dienone is 2. The fourth-order valence-corrected chi connectivity index (χ4v) is 8.13. The van der Waals surface area contributed by atoms with Gasteiger partial charge in [0.1, 0.15) is 12.4 Å². The molecule has 6 nitrogen and oxygen atoms in total. The van der Waals surface area contributed by atoms with Crippen molar-refractivity contribution in [1.82, 2.24) is 20.2 Å². The molecule has 0 spiro atoms. The van der Waals surface area contributed by atoms with Gasteiger partial charge in [0.25, 0.3) is 0 Å². The number of aryl methyl sites for hydroxylation is 1. The fraction of sp³-hybridized carbons (Fsp3) is 0.840. The zero-order chi connectivity index (χ0) is 22.0. The van der Waals surface area contributed by atoms with Crippen molar-refractivity contribution in [3.63, 3.8) is 0 Å². The molecule has 7 atom stereocenters. The number of aliphatic hydroxyl groups is 1. The molecule has 170 valence electrons. The van der Waals surface area contributed by atoms with Gasteiger partial charge >= 0.3 is 0 Å². The Morgan fingerprint density at radius 2 is 1.94 bits per heavy atom. The third-order valence-corrected chi connectivity index (χ3v) is 10.1. The summed E-state index contributed by atoms with van der Waals surface area (Å²) < 4.78 is 1.65. The van der Waals surface area contributed by atoms with Crippen LogP contribution in [0.2, 0.25) is 0 Å². The van der Waals surface area contributed by atoms with Crippen molar-refractivity contribution in [1.29, 1.82) is 0 Å². The summed E-state index contributed by atoms with van der Waals surface area (Å²) >= 11 is 0. The maximum atomic E-state index is 13.3. The summed E-state index contributed by atoms with van der Waals surface area (Å²) in [5.74, 6) is 3.11. The first-order chi connectivity index (χ1) is 14.6. The van der Waals surface area contributed by atoms with Crippen LogP contribution >= 0.6 is 0 Å². The van der Waals surface area contributed by atoms with Crippen LogP contribution in [0.3, 0.4) is 0 Å². The molecule has 3 fully saturated rings. The fourth-order valence-electron chi connectivity index (χ4n) is 8.13. The molecular weight excluding hydrogens is 388 g/mol. The van der Waals surface area contributed by atoms with Crippen LogP contribution in [-0.2, 0) is 11.3 Å². The highest BCUT2D eigenvalue weighted by Gasteiger charge is 2.59. The maximum absolute atomic E-state index is 13.3. The first-order valence-corrected chi connectivity index (χ1v) is 12.3. The highest BCUT2D eigenvalue weighted by atomic mass is 16.3. The second kappa shape index (κ2) is 7.23. The van der Waals surface area contributed by atoms with Gasteiger partial charge in [-0.2, -0.15) is 0 Å². The van der Waals surface area contributed by atoms with Crippen LogP contribution in [0.25, 0.3) is 0 Å². The molecule has 0 radical (unpaired) electrons. The standard InChI is InChI=1S/C25H38N4O2/c1-16-26-27-28-29(16)15-22(30)21-8-7-19-18-6-5-17-9-11-23(2,31)13-14-24(17,3)20(18)10-12-25(19,21)4/h5,18-21,31H,6-15H2,1-4H3/t18-,19-,20-,21+,23-,24-,25-/m0/s1. The second-order valence-electron chi connectivity index (χ2n) is 11.8. The molecule has 0 aromatic carbocycles. The van der Waals surface area contributed by atoms with E-state index < -0.39 is 5.60 Å². The lowest BCUT2D eigenvalue weighted by molar-refractivity contribution is -0.130. The van der Waals surface area contributed by atoms with E-state index in [0.29, 0.717) is 35.9 Å². The highest BCUT2D eigenvalue weighted by Crippen LogP contribution is 2.66. The summed E-state index contributed by atoms with van der Waals surface area (Å²) in [7, 11) is 0. The molecule has 31 heavy (non-hydrogen) atoms. The van der Waals surface area contributed by atoms with Crippen LogP contribution in [-0.4, -0.2) is 36.7 Å². The molecular formula is C25H38N4O2. The molecule has 4 aliphatic carbocycles. The van der Waals surface area contributed by atoms with Crippen molar-refractivity contribution in [2.75, 3.05) is 0 Å². The quantitative estimate of drug-likeness (QED) is 0.730. The lowest BCUT2D eigenvalue weighted by atomic mass is 9.48. The van der Waals surface area contributed by atoms with E-state index in [4.69, 9.17) is 0 Å². The Morgan fingerprint density at radius 3 is 2.68 bits per heavy atom. The third-order valence-electron chi connectivity index (χ3n) is 10.1. The van der Waals surface area contributed by atoms with E-state index in [2.05, 4.69) is 35.4 Å². The first kappa shape index (κ1) is 21.3. The van der Waals surface area contributed by atoms with E-state index in [-0.39, 0.29) is 16.7 Å². The van der Waals surface area contributed by atoms with Crippen LogP contribution in [0.1, 0.15) is 84.4 Å². The lowest BCUT2D eigenvalue weighted by Crippen LogP contribution is -2.49. The van der Waals surface area contributed by atoms with E-state index in [1.54, 1.807) is 10.3 Å². The maximum Gasteiger partial charge on any atom is 0.158 e. The lowest BCUT2D eigenvalue weighted by Gasteiger charge is -2.56. The molecule has 5 rings (SSSR count). The van der Waals surface area contributed by atoms with E-state index in [9.17, 15) is 9.90 Å². The number of carbonyl (C=O) groups excluding carboxylic acids is 1. The summed E-state index contributed by atoms with van der Waals surface area (Å²) in [6, 6.07) is 0. The Morgan fingerprint density at radius 1 is 1.13 bits per heavy atom. The molecule has 3 saturated carbocycles. The molecule has 0 saturated heterocycles. The van der Waals surface area contributed by atoms with Crippen LogP contribution in [0.15, 0.2) is 11.6 Å². The van der Waals surface area contributed by atoms with Crippen molar-refractivity contribution in [3.05, 3.63) is 17.5 Å². The van der Waals surface area contributed by atoms with Gasteiger partial charge in [-0.15, -0.1) is 5.10 Å². The Bertz CT molecular complexity index is 905. The van der Waals surface area contributed by atoms with Crippen molar-refractivity contribution >= 4 is 5.78 Å². The summed E-state index contributed by atoms with van der Waals surface area (Å²) in [4.78, 5) is 13.3. The van der Waals surface area contributed by atoms with Crippen LogP contribution in [0.5, 0.6) is 0 Å². The molecule has 1 aromatic rings. The van der Waals surface area contributed by atoms with Crippen molar-refractivity contribution < 1.29 is 9.90 Å². The topological polar surface area (TPSA) is 80.9 Å². The Labute approximate surface area is 185 Å². The van der Waals surface area contributed by atoms with Gasteiger partial charge in [0.05, 0.1) is 5.60 Å². The number of aromatic nitrogens is 4. The van der Waals surface area contributed by atoms with Gasteiger partial charge in [-0.1, -0.05) is 25.5 Å². The minimum Gasteiger partial charge on any atom is -0.390 e. The Kier molecular flexibility index (Phi) is 4.96. The number of nitrogens with zero attached hydrogens (tertiary/aromatic N) is 4. The van der Waals surface area contributed by atoms with Gasteiger partial charge in [0.15, 0.2) is 5.78 Å². The molecule has 1 heterocycles. The first-order valence-electron chi connectivity index (χ1n) is 12.3. The monoisotopic (exact) mass is 426 g/mol. The van der Waals surface area contributed by atoms with Gasteiger partial charge in [0.2, 0.25) is 0 Å². The van der Waals surface area contributed by atoms with Crippen molar-refractivity contribution in [2.24, 2.45) is 34.5 Å². The zero-order valence-electron chi connectivity index (χ0n) is 19.6. The summed E-state index contributed by atoms with van der Waals surface area (Å²) in [5, 5.41) is 22.4. The van der Waals surface area contributed by atoms with Gasteiger partial charge in [0, 0.05) is 5.92 Å². The smallest absolute Gasteiger partial charge is 0.158 e. The largest absolute Gasteiger partial charge is 0.390 e. The van der Waals surface area contributed by atoms with Gasteiger partial charge in [-0.3, -0.25) is 4.79 Å². The molecule has 0 unspecified atom stereocenters. The molecule has 4 aliphatic rings. The molecule has 1 N–H and O–H groups in total.